The molecule has 0 radical (unpaired) electrons. The molecular formula is C17H23F3N2O4S. The van der Waals surface area contributed by atoms with E-state index in [-0.39, 0.29) is 13.0 Å². The number of rotatable bonds is 9. The summed E-state index contributed by atoms with van der Waals surface area (Å²) in [6, 6.07) is 4.41. The number of hydrogen-bond donors (Lipinski definition) is 1. The molecule has 0 aliphatic rings. The smallest absolute Gasteiger partial charge is 0.295 e. The first-order valence-electron chi connectivity index (χ1n) is 8.46. The van der Waals surface area contributed by atoms with Crippen LogP contribution in [0.5, 0.6) is 0 Å². The number of benzene rings is 1. The van der Waals surface area contributed by atoms with E-state index < -0.39 is 51.4 Å². The Kier molecular flexibility index (Phi) is 8.42. The average Bonchev–Trinajstić information content (AvgIpc) is 2.57. The Labute approximate surface area is 156 Å². The first-order valence-corrected chi connectivity index (χ1v) is 10.1. The Bertz CT molecular complexity index is 764. The number of halogens is 3. The van der Waals surface area contributed by atoms with E-state index >= 15 is 0 Å². The third-order valence-corrected chi connectivity index (χ3v) is 5.51. The predicted octanol–water partition coefficient (Wildman–Crippen LogP) is 2.69. The van der Waals surface area contributed by atoms with Gasteiger partial charge in [0, 0.05) is 13.0 Å². The summed E-state index contributed by atoms with van der Waals surface area (Å²) < 4.78 is 65.5. The monoisotopic (exact) mass is 408 g/mol. The Hall–Kier alpha value is -1.94. The van der Waals surface area contributed by atoms with Gasteiger partial charge in [0.15, 0.2) is 0 Å². The quantitative estimate of drug-likeness (QED) is 0.681. The highest BCUT2D eigenvalue weighted by atomic mass is 32.2. The van der Waals surface area contributed by atoms with Crippen molar-refractivity contribution in [3.63, 3.8) is 0 Å². The van der Waals surface area contributed by atoms with Crippen LogP contribution in [0.1, 0.15) is 44.2 Å². The van der Waals surface area contributed by atoms with Gasteiger partial charge in [-0.25, -0.2) is 8.42 Å². The van der Waals surface area contributed by atoms with Crippen molar-refractivity contribution in [2.45, 2.75) is 45.0 Å². The van der Waals surface area contributed by atoms with Gasteiger partial charge in [-0.1, -0.05) is 38.5 Å². The third kappa shape index (κ3) is 7.30. The van der Waals surface area contributed by atoms with E-state index in [1.807, 2.05) is 12.2 Å². The standard InChI is InChI=1S/C17H23F3N2O4S/c1-3-5-10-22(11-16(24)21-15(23)4-2)27(25,26)12-13-8-6-7-9-14(13)17(18,19)20/h6-9H,3-5,10-12H2,1-2H3,(H,21,23,24). The number of nitrogens with zero attached hydrogens (tertiary/aromatic N) is 1. The van der Waals surface area contributed by atoms with Gasteiger partial charge >= 0.3 is 6.18 Å². The molecule has 0 saturated carbocycles. The number of unbranched alkanes of at least 4 members (excludes halogenated alkanes) is 1. The number of hydrogen-bond acceptors (Lipinski definition) is 4. The molecular weight excluding hydrogens is 385 g/mol. The molecule has 10 heteroatoms. The van der Waals surface area contributed by atoms with Crippen LogP contribution < -0.4 is 5.32 Å². The summed E-state index contributed by atoms with van der Waals surface area (Å²) in [5.41, 5.74) is -1.42. The van der Waals surface area contributed by atoms with Crippen LogP contribution in [0.4, 0.5) is 13.2 Å². The summed E-state index contributed by atoms with van der Waals surface area (Å²) in [6.45, 7) is 2.69. The molecule has 0 fully saturated rings. The maximum atomic E-state index is 13.1. The Morgan fingerprint density at radius 2 is 1.74 bits per heavy atom. The van der Waals surface area contributed by atoms with E-state index in [4.69, 9.17) is 0 Å². The van der Waals surface area contributed by atoms with Crippen LogP contribution >= 0.6 is 0 Å². The summed E-state index contributed by atoms with van der Waals surface area (Å²) >= 11 is 0. The molecule has 1 rings (SSSR count). The zero-order chi connectivity index (χ0) is 20.7. The van der Waals surface area contributed by atoms with Crippen molar-refractivity contribution in [3.8, 4) is 0 Å². The molecule has 0 saturated heterocycles. The van der Waals surface area contributed by atoms with Crippen LogP contribution in [0, 0.1) is 0 Å². The van der Waals surface area contributed by atoms with Crippen molar-refractivity contribution < 1.29 is 31.2 Å². The lowest BCUT2D eigenvalue weighted by Gasteiger charge is -2.22. The van der Waals surface area contributed by atoms with E-state index in [9.17, 15) is 31.2 Å². The molecule has 0 aliphatic heterocycles. The number of alkyl halides is 3. The Balaban J connectivity index is 3.07. The lowest BCUT2D eigenvalue weighted by Crippen LogP contribution is -2.43. The number of nitrogens with one attached hydrogen (secondary N) is 1. The van der Waals surface area contributed by atoms with Gasteiger partial charge in [0.1, 0.15) is 0 Å². The minimum Gasteiger partial charge on any atom is -0.295 e. The van der Waals surface area contributed by atoms with Crippen molar-refractivity contribution in [2.24, 2.45) is 0 Å². The van der Waals surface area contributed by atoms with Gasteiger partial charge in [-0.05, 0) is 18.1 Å². The van der Waals surface area contributed by atoms with Crippen LogP contribution in [0.15, 0.2) is 24.3 Å². The zero-order valence-electron chi connectivity index (χ0n) is 15.2. The number of sulfonamides is 1. The Morgan fingerprint density at radius 3 is 2.30 bits per heavy atom. The van der Waals surface area contributed by atoms with E-state index in [1.54, 1.807) is 0 Å². The van der Waals surface area contributed by atoms with Gasteiger partial charge in [0.05, 0.1) is 17.9 Å². The SMILES string of the molecule is CCCCN(CC(=O)NC(=O)CC)S(=O)(=O)Cc1ccccc1C(F)(F)F. The van der Waals surface area contributed by atoms with Crippen molar-refractivity contribution in [2.75, 3.05) is 13.1 Å². The molecule has 0 aromatic heterocycles. The van der Waals surface area contributed by atoms with Gasteiger partial charge in [0.2, 0.25) is 21.8 Å². The van der Waals surface area contributed by atoms with Crippen molar-refractivity contribution in [1.82, 2.24) is 9.62 Å². The molecule has 1 aromatic carbocycles. The maximum absolute atomic E-state index is 13.1. The predicted molar refractivity (Wildman–Crippen MR) is 94.0 cm³/mol. The molecule has 0 unspecified atom stereocenters. The molecule has 0 aliphatic carbocycles. The van der Waals surface area contributed by atoms with Crippen molar-refractivity contribution in [1.29, 1.82) is 0 Å². The van der Waals surface area contributed by atoms with Crippen molar-refractivity contribution >= 4 is 21.8 Å². The van der Waals surface area contributed by atoms with Crippen LogP contribution in [0.2, 0.25) is 0 Å². The molecule has 1 aromatic rings. The second kappa shape index (κ2) is 9.84. The molecule has 2 amide bonds. The summed E-state index contributed by atoms with van der Waals surface area (Å²) in [7, 11) is -4.21. The van der Waals surface area contributed by atoms with Crippen LogP contribution in [0.25, 0.3) is 0 Å². The second-order valence-corrected chi connectivity index (χ2v) is 7.89. The summed E-state index contributed by atoms with van der Waals surface area (Å²) in [4.78, 5) is 23.2. The zero-order valence-corrected chi connectivity index (χ0v) is 16.0. The molecule has 0 bridgehead atoms. The molecule has 6 nitrogen and oxygen atoms in total. The first kappa shape index (κ1) is 23.1. The fourth-order valence-corrected chi connectivity index (χ4v) is 3.85. The van der Waals surface area contributed by atoms with Gasteiger partial charge in [0.25, 0.3) is 0 Å². The van der Waals surface area contributed by atoms with Crippen LogP contribution in [-0.2, 0) is 31.5 Å². The molecule has 1 N–H and O–H groups in total. The molecule has 152 valence electrons. The van der Waals surface area contributed by atoms with Crippen molar-refractivity contribution in [3.05, 3.63) is 35.4 Å². The van der Waals surface area contributed by atoms with E-state index in [1.165, 1.54) is 19.1 Å². The molecule has 27 heavy (non-hydrogen) atoms. The lowest BCUT2D eigenvalue weighted by molar-refractivity contribution is -0.138. The number of carbonyl (C=O) groups is 2. The Morgan fingerprint density at radius 1 is 1.11 bits per heavy atom. The third-order valence-electron chi connectivity index (χ3n) is 3.74. The maximum Gasteiger partial charge on any atom is 0.416 e. The van der Waals surface area contributed by atoms with Gasteiger partial charge in [-0.2, -0.15) is 17.5 Å². The molecule has 0 atom stereocenters. The largest absolute Gasteiger partial charge is 0.416 e. The molecule has 0 heterocycles. The van der Waals surface area contributed by atoms with Gasteiger partial charge < -0.3 is 0 Å². The van der Waals surface area contributed by atoms with E-state index in [0.29, 0.717) is 12.8 Å². The summed E-state index contributed by atoms with van der Waals surface area (Å²) in [5.74, 6) is -2.26. The van der Waals surface area contributed by atoms with E-state index in [2.05, 4.69) is 0 Å². The lowest BCUT2D eigenvalue weighted by atomic mass is 10.1. The van der Waals surface area contributed by atoms with Gasteiger partial charge in [-0.3, -0.25) is 14.9 Å². The fourth-order valence-electron chi connectivity index (χ4n) is 2.31. The first-order chi connectivity index (χ1) is 12.5. The number of carbonyl (C=O) groups excluding carboxylic acids is 2. The van der Waals surface area contributed by atoms with Crippen LogP contribution in [0.3, 0.4) is 0 Å². The highest BCUT2D eigenvalue weighted by Crippen LogP contribution is 2.32. The second-order valence-electron chi connectivity index (χ2n) is 5.92. The molecule has 0 spiro atoms. The normalized spacial score (nSPS) is 12.2. The minimum atomic E-state index is -4.69. The highest BCUT2D eigenvalue weighted by Gasteiger charge is 2.35. The fraction of sp³-hybridized carbons (Fsp3) is 0.529. The summed E-state index contributed by atoms with van der Waals surface area (Å²) in [5, 5.41) is 2.04. The number of imide groups is 1. The van der Waals surface area contributed by atoms with Gasteiger partial charge in [-0.15, -0.1) is 0 Å². The van der Waals surface area contributed by atoms with Crippen LogP contribution in [-0.4, -0.2) is 37.6 Å². The minimum absolute atomic E-state index is 0.0270. The van der Waals surface area contributed by atoms with E-state index in [0.717, 1.165) is 16.4 Å². The topological polar surface area (TPSA) is 83.6 Å². The highest BCUT2D eigenvalue weighted by molar-refractivity contribution is 7.88. The number of amides is 2. The average molecular weight is 408 g/mol. The summed E-state index contributed by atoms with van der Waals surface area (Å²) in [6.07, 6.45) is -3.59.